The van der Waals surface area contributed by atoms with Crippen LogP contribution in [0.2, 0.25) is 0 Å². The third kappa shape index (κ3) is 8.22. The average Bonchev–Trinajstić information content (AvgIpc) is 3.36. The standard InChI is InChI=1S/C25H33N3O8S/c1-18(2)15-27(37(32,33)22-10-8-20(9-11-22)28(30)31)16-24(23(26)14-19-6-4-3-5-7-19)36-25(29)35-21-12-13-34-17-21/h3-11,18,21,23-24H,12-17,26H2,1-2H3/t21-,23-,24+/m0/s1. The van der Waals surface area contributed by atoms with Crippen LogP contribution in [0.4, 0.5) is 10.5 Å². The summed E-state index contributed by atoms with van der Waals surface area (Å²) in [4.78, 5) is 22.9. The minimum atomic E-state index is -4.10. The number of sulfonamides is 1. The molecule has 2 N–H and O–H groups in total. The Morgan fingerprint density at radius 1 is 1.16 bits per heavy atom. The molecule has 0 spiro atoms. The Kier molecular flexibility index (Phi) is 9.98. The molecule has 202 valence electrons. The number of hydrogen-bond acceptors (Lipinski definition) is 9. The normalized spacial score (nSPS) is 17.5. The van der Waals surface area contributed by atoms with E-state index in [-0.39, 0.29) is 36.2 Å². The maximum absolute atomic E-state index is 13.6. The van der Waals surface area contributed by atoms with Gasteiger partial charge >= 0.3 is 6.16 Å². The van der Waals surface area contributed by atoms with Gasteiger partial charge in [-0.3, -0.25) is 10.1 Å². The zero-order valence-corrected chi connectivity index (χ0v) is 21.7. The van der Waals surface area contributed by atoms with Crippen LogP contribution in [0.1, 0.15) is 25.8 Å². The maximum atomic E-state index is 13.6. The highest BCUT2D eigenvalue weighted by atomic mass is 32.2. The molecule has 1 heterocycles. The fraction of sp³-hybridized carbons (Fsp3) is 0.480. The second-order valence-electron chi connectivity index (χ2n) is 9.33. The highest BCUT2D eigenvalue weighted by Gasteiger charge is 2.34. The molecule has 12 heteroatoms. The third-order valence-electron chi connectivity index (χ3n) is 5.83. The first kappa shape index (κ1) is 28.5. The summed E-state index contributed by atoms with van der Waals surface area (Å²) < 4.78 is 44.5. The third-order valence-corrected chi connectivity index (χ3v) is 7.67. The van der Waals surface area contributed by atoms with Gasteiger partial charge in [0.25, 0.3) is 5.69 Å². The Labute approximate surface area is 216 Å². The molecule has 0 radical (unpaired) electrons. The van der Waals surface area contributed by atoms with E-state index in [9.17, 15) is 23.3 Å². The molecule has 2 aromatic carbocycles. The average molecular weight is 536 g/mol. The zero-order chi connectivity index (χ0) is 27.0. The van der Waals surface area contributed by atoms with Crippen molar-refractivity contribution in [2.45, 2.75) is 49.8 Å². The molecule has 0 saturated carbocycles. The number of hydrogen-bond donors (Lipinski definition) is 1. The SMILES string of the molecule is CC(C)CN(C[C@@H](OC(=O)O[C@H]1CCOC1)[C@@H](N)Cc1ccccc1)S(=O)(=O)c1ccc([N+](=O)[O-])cc1. The molecule has 2 aromatic rings. The van der Waals surface area contributed by atoms with Gasteiger partial charge in [-0.05, 0) is 30.0 Å². The van der Waals surface area contributed by atoms with Gasteiger partial charge in [0.05, 0.1) is 29.6 Å². The van der Waals surface area contributed by atoms with E-state index < -0.39 is 39.4 Å². The predicted molar refractivity (Wildman–Crippen MR) is 135 cm³/mol. The van der Waals surface area contributed by atoms with E-state index in [1.165, 1.54) is 16.4 Å². The summed E-state index contributed by atoms with van der Waals surface area (Å²) in [5.41, 5.74) is 7.14. The van der Waals surface area contributed by atoms with E-state index in [0.29, 0.717) is 19.4 Å². The van der Waals surface area contributed by atoms with Gasteiger partial charge in [-0.25, -0.2) is 13.2 Å². The van der Waals surface area contributed by atoms with Gasteiger partial charge < -0.3 is 19.9 Å². The van der Waals surface area contributed by atoms with E-state index in [0.717, 1.165) is 17.7 Å². The molecule has 0 bridgehead atoms. The van der Waals surface area contributed by atoms with Crippen molar-refractivity contribution < 1.29 is 32.3 Å². The Morgan fingerprint density at radius 3 is 2.41 bits per heavy atom. The van der Waals surface area contributed by atoms with Crippen molar-refractivity contribution in [2.24, 2.45) is 11.7 Å². The second-order valence-corrected chi connectivity index (χ2v) is 11.3. The van der Waals surface area contributed by atoms with Crippen molar-refractivity contribution in [1.29, 1.82) is 0 Å². The van der Waals surface area contributed by atoms with Crippen LogP contribution in [0.15, 0.2) is 59.5 Å². The van der Waals surface area contributed by atoms with Gasteiger partial charge in [0.2, 0.25) is 10.0 Å². The molecule has 0 unspecified atom stereocenters. The molecule has 0 aliphatic carbocycles. The van der Waals surface area contributed by atoms with Crippen molar-refractivity contribution in [1.82, 2.24) is 4.31 Å². The number of nitrogens with zero attached hydrogens (tertiary/aromatic N) is 2. The molecule has 3 atom stereocenters. The van der Waals surface area contributed by atoms with E-state index in [1.807, 2.05) is 44.2 Å². The van der Waals surface area contributed by atoms with Gasteiger partial charge in [0.1, 0.15) is 12.2 Å². The lowest BCUT2D eigenvalue weighted by atomic mass is 10.0. The fourth-order valence-electron chi connectivity index (χ4n) is 3.94. The minimum absolute atomic E-state index is 0.0681. The van der Waals surface area contributed by atoms with Crippen molar-refractivity contribution in [3.05, 3.63) is 70.3 Å². The first-order valence-electron chi connectivity index (χ1n) is 12.1. The van der Waals surface area contributed by atoms with E-state index >= 15 is 0 Å². The summed E-state index contributed by atoms with van der Waals surface area (Å²) in [5, 5.41) is 11.0. The predicted octanol–water partition coefficient (Wildman–Crippen LogP) is 3.12. The maximum Gasteiger partial charge on any atom is 0.509 e. The lowest BCUT2D eigenvalue weighted by Crippen LogP contribution is -2.49. The van der Waals surface area contributed by atoms with Gasteiger partial charge in [0.15, 0.2) is 0 Å². The minimum Gasteiger partial charge on any atom is -0.428 e. The smallest absolute Gasteiger partial charge is 0.428 e. The molecule has 1 saturated heterocycles. The van der Waals surface area contributed by atoms with Crippen LogP contribution in [0, 0.1) is 16.0 Å². The first-order valence-corrected chi connectivity index (χ1v) is 13.5. The van der Waals surface area contributed by atoms with Crippen LogP contribution >= 0.6 is 0 Å². The molecule has 1 aliphatic heterocycles. The largest absolute Gasteiger partial charge is 0.509 e. The summed E-state index contributed by atoms with van der Waals surface area (Å²) in [5.74, 6) is -0.0681. The molecular weight excluding hydrogens is 502 g/mol. The number of nitrogens with two attached hydrogens (primary N) is 1. The summed E-state index contributed by atoms with van der Waals surface area (Å²) >= 11 is 0. The molecule has 0 aromatic heterocycles. The Bertz CT molecular complexity index is 1140. The van der Waals surface area contributed by atoms with Gasteiger partial charge in [-0.2, -0.15) is 4.31 Å². The summed E-state index contributed by atoms with van der Waals surface area (Å²) in [7, 11) is -4.10. The number of nitro benzene ring substituents is 1. The number of carbonyl (C=O) groups excluding carboxylic acids is 1. The van der Waals surface area contributed by atoms with E-state index in [1.54, 1.807) is 0 Å². The van der Waals surface area contributed by atoms with Crippen molar-refractivity contribution >= 4 is 21.9 Å². The summed E-state index contributed by atoms with van der Waals surface area (Å²) in [6, 6.07) is 13.3. The van der Waals surface area contributed by atoms with Crippen LogP contribution in [0.5, 0.6) is 0 Å². The van der Waals surface area contributed by atoms with Gasteiger partial charge in [0, 0.05) is 31.1 Å². The molecule has 37 heavy (non-hydrogen) atoms. The number of nitro groups is 1. The summed E-state index contributed by atoms with van der Waals surface area (Å²) in [6.45, 7) is 4.35. The van der Waals surface area contributed by atoms with E-state index in [4.69, 9.17) is 19.9 Å². The molecule has 1 fully saturated rings. The Morgan fingerprint density at radius 2 is 1.84 bits per heavy atom. The highest BCUT2D eigenvalue weighted by Crippen LogP contribution is 2.22. The topological polar surface area (TPSA) is 151 Å². The summed E-state index contributed by atoms with van der Waals surface area (Å²) in [6.07, 6.45) is -1.53. The van der Waals surface area contributed by atoms with Crippen LogP contribution in [0.25, 0.3) is 0 Å². The van der Waals surface area contributed by atoms with Crippen LogP contribution < -0.4 is 5.73 Å². The lowest BCUT2D eigenvalue weighted by Gasteiger charge is -2.31. The molecule has 3 rings (SSSR count). The highest BCUT2D eigenvalue weighted by molar-refractivity contribution is 7.89. The first-order chi connectivity index (χ1) is 17.6. The van der Waals surface area contributed by atoms with E-state index in [2.05, 4.69) is 0 Å². The number of rotatable bonds is 12. The van der Waals surface area contributed by atoms with Gasteiger partial charge in [-0.1, -0.05) is 44.2 Å². The van der Waals surface area contributed by atoms with Gasteiger partial charge in [-0.15, -0.1) is 0 Å². The van der Waals surface area contributed by atoms with Crippen LogP contribution in [0.3, 0.4) is 0 Å². The number of ether oxygens (including phenoxy) is 3. The Hall–Kier alpha value is -3.06. The monoisotopic (exact) mass is 535 g/mol. The zero-order valence-electron chi connectivity index (χ0n) is 20.9. The quantitative estimate of drug-likeness (QED) is 0.245. The Balaban J connectivity index is 1.86. The lowest BCUT2D eigenvalue weighted by molar-refractivity contribution is -0.384. The van der Waals surface area contributed by atoms with Crippen LogP contribution in [-0.2, 0) is 30.7 Å². The van der Waals surface area contributed by atoms with Crippen molar-refractivity contribution in [2.75, 3.05) is 26.3 Å². The van der Waals surface area contributed by atoms with Crippen LogP contribution in [-0.4, -0.2) is 68.4 Å². The van der Waals surface area contributed by atoms with Crippen molar-refractivity contribution in [3.8, 4) is 0 Å². The van der Waals surface area contributed by atoms with Crippen molar-refractivity contribution in [3.63, 3.8) is 0 Å². The molecule has 0 amide bonds. The fourth-order valence-corrected chi connectivity index (χ4v) is 5.55. The number of non-ortho nitro benzene ring substituents is 1. The molecule has 1 aliphatic rings. The number of carbonyl (C=O) groups is 1. The molecule has 11 nitrogen and oxygen atoms in total. The molecular formula is C25H33N3O8S. The number of benzene rings is 2. The second kappa shape index (κ2) is 13.0.